The van der Waals surface area contributed by atoms with Gasteiger partial charge in [-0.2, -0.15) is 5.26 Å². The lowest BCUT2D eigenvalue weighted by Crippen LogP contribution is -2.19. The summed E-state index contributed by atoms with van der Waals surface area (Å²) in [5, 5.41) is 8.45. The summed E-state index contributed by atoms with van der Waals surface area (Å²) in [5.74, 6) is 1.34. The van der Waals surface area contributed by atoms with Crippen molar-refractivity contribution in [3.05, 3.63) is 0 Å². The molecule has 2 rings (SSSR count). The van der Waals surface area contributed by atoms with Crippen molar-refractivity contribution in [2.45, 2.75) is 25.4 Å². The van der Waals surface area contributed by atoms with E-state index in [2.05, 4.69) is 6.07 Å². The van der Waals surface area contributed by atoms with Crippen LogP contribution < -0.4 is 0 Å². The van der Waals surface area contributed by atoms with Gasteiger partial charge in [0.15, 0.2) is 0 Å². The van der Waals surface area contributed by atoms with Gasteiger partial charge < -0.3 is 4.74 Å². The van der Waals surface area contributed by atoms with Gasteiger partial charge in [0.25, 0.3) is 0 Å². The van der Waals surface area contributed by atoms with E-state index in [9.17, 15) is 0 Å². The number of ether oxygens (including phenoxy) is 1. The zero-order valence-corrected chi connectivity index (χ0v) is 5.92. The molecule has 2 nitrogen and oxygen atoms in total. The fourth-order valence-electron chi connectivity index (χ4n) is 2.13. The molecule has 2 heteroatoms. The van der Waals surface area contributed by atoms with Gasteiger partial charge in [0.05, 0.1) is 12.2 Å². The van der Waals surface area contributed by atoms with Crippen LogP contribution in [0.4, 0.5) is 0 Å². The van der Waals surface area contributed by atoms with Gasteiger partial charge >= 0.3 is 0 Å². The van der Waals surface area contributed by atoms with E-state index < -0.39 is 0 Å². The van der Waals surface area contributed by atoms with Crippen LogP contribution in [0.25, 0.3) is 0 Å². The minimum absolute atomic E-state index is 0.435. The second-order valence-electron chi connectivity index (χ2n) is 3.33. The molecule has 54 valence electrons. The topological polar surface area (TPSA) is 33.0 Å². The first kappa shape index (κ1) is 6.18. The lowest BCUT2D eigenvalue weighted by atomic mass is 10.00. The molecule has 1 aliphatic heterocycles. The highest BCUT2D eigenvalue weighted by Crippen LogP contribution is 2.40. The minimum Gasteiger partial charge on any atom is -0.378 e. The summed E-state index contributed by atoms with van der Waals surface area (Å²) < 4.78 is 5.47. The smallest absolute Gasteiger partial charge is 0.0625 e. The summed E-state index contributed by atoms with van der Waals surface area (Å²) in [7, 11) is 0. The zero-order chi connectivity index (χ0) is 6.97. The molecule has 2 fully saturated rings. The monoisotopic (exact) mass is 137 g/mol. The number of nitrogens with zero attached hydrogens (tertiary/aromatic N) is 1. The van der Waals surface area contributed by atoms with Crippen LogP contribution in [0.15, 0.2) is 0 Å². The maximum atomic E-state index is 8.45. The van der Waals surface area contributed by atoms with Crippen LogP contribution in [0, 0.1) is 23.2 Å². The van der Waals surface area contributed by atoms with Gasteiger partial charge in [0.1, 0.15) is 0 Å². The van der Waals surface area contributed by atoms with Crippen LogP contribution in [0.2, 0.25) is 0 Å². The maximum absolute atomic E-state index is 8.45. The SMILES string of the molecule is N#CCC1CC2COC1C2. The summed E-state index contributed by atoms with van der Waals surface area (Å²) in [6.07, 6.45) is 3.58. The molecule has 3 unspecified atom stereocenters. The molecule has 0 spiro atoms. The average molecular weight is 137 g/mol. The second-order valence-corrected chi connectivity index (χ2v) is 3.33. The molecule has 0 radical (unpaired) electrons. The van der Waals surface area contributed by atoms with Gasteiger partial charge in [-0.1, -0.05) is 0 Å². The lowest BCUT2D eigenvalue weighted by Gasteiger charge is -2.18. The van der Waals surface area contributed by atoms with Crippen molar-refractivity contribution in [2.24, 2.45) is 11.8 Å². The Morgan fingerprint density at radius 2 is 2.40 bits per heavy atom. The first-order valence-electron chi connectivity index (χ1n) is 3.88. The van der Waals surface area contributed by atoms with Crippen LogP contribution in [0.3, 0.4) is 0 Å². The summed E-state index contributed by atoms with van der Waals surface area (Å²) in [6, 6.07) is 2.21. The largest absolute Gasteiger partial charge is 0.378 e. The van der Waals surface area contributed by atoms with E-state index in [1.165, 1.54) is 12.8 Å². The van der Waals surface area contributed by atoms with Gasteiger partial charge in [-0.3, -0.25) is 0 Å². The molecule has 10 heavy (non-hydrogen) atoms. The highest BCUT2D eigenvalue weighted by molar-refractivity contribution is 4.93. The normalized spacial score (nSPS) is 43.7. The van der Waals surface area contributed by atoms with Gasteiger partial charge in [0, 0.05) is 13.0 Å². The Morgan fingerprint density at radius 3 is 2.90 bits per heavy atom. The Balaban J connectivity index is 1.97. The van der Waals surface area contributed by atoms with Crippen molar-refractivity contribution in [3.8, 4) is 6.07 Å². The third-order valence-electron chi connectivity index (χ3n) is 2.63. The molecule has 1 aliphatic carbocycles. The molecule has 2 bridgehead atoms. The maximum Gasteiger partial charge on any atom is 0.0625 e. The Hall–Kier alpha value is -0.550. The number of nitriles is 1. The zero-order valence-electron chi connectivity index (χ0n) is 5.92. The van der Waals surface area contributed by atoms with Crippen LogP contribution in [-0.4, -0.2) is 12.7 Å². The predicted molar refractivity (Wildman–Crippen MR) is 36.2 cm³/mol. The molecular formula is C8H11NO. The van der Waals surface area contributed by atoms with Crippen LogP contribution >= 0.6 is 0 Å². The fraction of sp³-hybridized carbons (Fsp3) is 0.875. The summed E-state index contributed by atoms with van der Waals surface area (Å²) in [4.78, 5) is 0. The van der Waals surface area contributed by atoms with Gasteiger partial charge in [-0.25, -0.2) is 0 Å². The van der Waals surface area contributed by atoms with Gasteiger partial charge in [-0.15, -0.1) is 0 Å². The summed E-state index contributed by atoms with van der Waals surface area (Å²) in [5.41, 5.74) is 0. The molecule has 0 aromatic rings. The first-order chi connectivity index (χ1) is 4.90. The van der Waals surface area contributed by atoms with E-state index >= 15 is 0 Å². The predicted octanol–water partition coefficient (Wildman–Crippen LogP) is 1.33. The molecule has 2 aliphatic rings. The molecule has 1 saturated heterocycles. The van der Waals surface area contributed by atoms with Crippen molar-refractivity contribution in [1.82, 2.24) is 0 Å². The Labute approximate surface area is 60.8 Å². The van der Waals surface area contributed by atoms with Crippen molar-refractivity contribution in [1.29, 1.82) is 5.26 Å². The highest BCUT2D eigenvalue weighted by atomic mass is 16.5. The summed E-state index contributed by atoms with van der Waals surface area (Å²) >= 11 is 0. The number of fused-ring (bicyclic) bond motifs is 2. The standard InChI is InChI=1S/C8H11NO/c9-2-1-7-3-6-4-8(7)10-5-6/h6-8H,1,3-5H2. The summed E-state index contributed by atoms with van der Waals surface area (Å²) in [6.45, 7) is 0.951. The van der Waals surface area contributed by atoms with Gasteiger partial charge in [0.2, 0.25) is 0 Å². The first-order valence-corrected chi connectivity index (χ1v) is 3.88. The molecule has 1 saturated carbocycles. The molecule has 0 aromatic carbocycles. The number of hydrogen-bond donors (Lipinski definition) is 0. The van der Waals surface area contributed by atoms with Crippen LogP contribution in [-0.2, 0) is 4.74 Å². The Bertz CT molecular complexity index is 173. The average Bonchev–Trinajstić information content (AvgIpc) is 2.48. The van der Waals surface area contributed by atoms with E-state index in [0.717, 1.165) is 12.5 Å². The van der Waals surface area contributed by atoms with Crippen molar-refractivity contribution in [3.63, 3.8) is 0 Å². The molecule has 0 aromatic heterocycles. The number of hydrogen-bond acceptors (Lipinski definition) is 2. The number of rotatable bonds is 1. The van der Waals surface area contributed by atoms with Crippen molar-refractivity contribution >= 4 is 0 Å². The lowest BCUT2D eigenvalue weighted by molar-refractivity contribution is 0.0361. The van der Waals surface area contributed by atoms with Crippen molar-refractivity contribution in [2.75, 3.05) is 6.61 Å². The second kappa shape index (κ2) is 2.25. The van der Waals surface area contributed by atoms with E-state index in [0.29, 0.717) is 18.4 Å². The minimum atomic E-state index is 0.435. The van der Waals surface area contributed by atoms with Crippen molar-refractivity contribution < 1.29 is 4.74 Å². The highest BCUT2D eigenvalue weighted by Gasteiger charge is 2.40. The Morgan fingerprint density at radius 1 is 1.50 bits per heavy atom. The fourth-order valence-corrected chi connectivity index (χ4v) is 2.13. The molecule has 1 heterocycles. The van der Waals surface area contributed by atoms with Crippen LogP contribution in [0.1, 0.15) is 19.3 Å². The molecule has 3 atom stereocenters. The molecule has 0 N–H and O–H groups in total. The van der Waals surface area contributed by atoms with Crippen LogP contribution in [0.5, 0.6) is 0 Å². The molecule has 0 amide bonds. The Kier molecular flexibility index (Phi) is 1.39. The third-order valence-corrected chi connectivity index (χ3v) is 2.63. The van der Waals surface area contributed by atoms with Gasteiger partial charge in [-0.05, 0) is 24.7 Å². The van der Waals surface area contributed by atoms with E-state index in [4.69, 9.17) is 10.00 Å². The van der Waals surface area contributed by atoms with E-state index in [1.807, 2.05) is 0 Å². The van der Waals surface area contributed by atoms with E-state index in [1.54, 1.807) is 0 Å². The molecular weight excluding hydrogens is 126 g/mol. The quantitative estimate of drug-likeness (QED) is 0.546. The van der Waals surface area contributed by atoms with E-state index in [-0.39, 0.29) is 0 Å². The third kappa shape index (κ3) is 0.819.